The number of nitrogens with zero attached hydrogens (tertiary/aromatic N) is 3. The van der Waals surface area contributed by atoms with Gasteiger partial charge < -0.3 is 4.42 Å². The molecule has 0 spiro atoms. The molecule has 0 N–H and O–H groups in total. The van der Waals surface area contributed by atoms with E-state index in [1.165, 1.54) is 16.5 Å². The van der Waals surface area contributed by atoms with Crippen LogP contribution < -0.4 is 0 Å². The first-order valence-corrected chi connectivity index (χ1v) is 17.1. The van der Waals surface area contributed by atoms with Crippen LogP contribution in [-0.2, 0) is 0 Å². The van der Waals surface area contributed by atoms with Gasteiger partial charge in [-0.3, -0.25) is 0 Å². The first kappa shape index (κ1) is 29.0. The molecule has 0 atom stereocenters. The van der Waals surface area contributed by atoms with E-state index in [0.717, 1.165) is 65.9 Å². The van der Waals surface area contributed by atoms with Crippen LogP contribution in [0.2, 0.25) is 0 Å². The lowest BCUT2D eigenvalue weighted by atomic mass is 9.98. The van der Waals surface area contributed by atoms with E-state index >= 15 is 0 Å². The lowest BCUT2D eigenvalue weighted by molar-refractivity contribution is 0.669. The smallest absolute Gasteiger partial charge is 0.164 e. The highest BCUT2D eigenvalue weighted by Crippen LogP contribution is 2.40. The highest BCUT2D eigenvalue weighted by molar-refractivity contribution is 6.13. The van der Waals surface area contributed by atoms with Crippen LogP contribution in [0.4, 0.5) is 0 Å². The zero-order valence-corrected chi connectivity index (χ0v) is 27.5. The Morgan fingerprint density at radius 3 is 1.57 bits per heavy atom. The Morgan fingerprint density at radius 2 is 0.843 bits per heavy atom. The fourth-order valence-corrected chi connectivity index (χ4v) is 7.11. The van der Waals surface area contributed by atoms with E-state index in [0.29, 0.717) is 17.5 Å². The quantitative estimate of drug-likeness (QED) is 0.186. The summed E-state index contributed by atoms with van der Waals surface area (Å²) >= 11 is 0. The van der Waals surface area contributed by atoms with Gasteiger partial charge >= 0.3 is 0 Å². The second kappa shape index (κ2) is 11.9. The Morgan fingerprint density at radius 1 is 0.314 bits per heavy atom. The minimum Gasteiger partial charge on any atom is -0.456 e. The number of fused-ring (bicyclic) bond motifs is 5. The van der Waals surface area contributed by atoms with Crippen LogP contribution >= 0.6 is 0 Å². The van der Waals surface area contributed by atoms with Gasteiger partial charge in [-0.15, -0.1) is 0 Å². The van der Waals surface area contributed by atoms with Crippen molar-refractivity contribution in [2.75, 3.05) is 0 Å². The summed E-state index contributed by atoms with van der Waals surface area (Å²) in [6.45, 7) is 0. The fraction of sp³-hybridized carbons (Fsp3) is 0. The number of benzene rings is 8. The van der Waals surface area contributed by atoms with E-state index < -0.39 is 0 Å². The van der Waals surface area contributed by atoms with E-state index in [4.69, 9.17) is 19.4 Å². The third-order valence-electron chi connectivity index (χ3n) is 9.68. The molecule has 0 unspecified atom stereocenters. The van der Waals surface area contributed by atoms with E-state index in [1.807, 2.05) is 30.3 Å². The minimum atomic E-state index is 0.593. The fourth-order valence-electron chi connectivity index (χ4n) is 7.11. The molecule has 0 aliphatic carbocycles. The Kier molecular flexibility index (Phi) is 6.78. The first-order chi connectivity index (χ1) is 25.2. The molecule has 0 amide bonds. The number of para-hydroxylation sites is 1. The summed E-state index contributed by atoms with van der Waals surface area (Å²) < 4.78 is 6.48. The molecule has 8 aromatic carbocycles. The topological polar surface area (TPSA) is 51.8 Å². The summed E-state index contributed by atoms with van der Waals surface area (Å²) in [4.78, 5) is 15.6. The lowest BCUT2D eigenvalue weighted by Gasteiger charge is -2.12. The Bertz CT molecular complexity index is 2910. The van der Waals surface area contributed by atoms with Crippen molar-refractivity contribution in [1.29, 1.82) is 0 Å². The molecule has 0 aliphatic rings. The molecule has 0 aliphatic heterocycles. The maximum Gasteiger partial charge on any atom is 0.164 e. The monoisotopic (exact) mass is 651 g/mol. The highest BCUT2D eigenvalue weighted by Gasteiger charge is 2.20. The molecular formula is C47H29N3O. The average molecular weight is 652 g/mol. The molecular weight excluding hydrogens is 623 g/mol. The van der Waals surface area contributed by atoms with E-state index in [1.54, 1.807) is 0 Å². The van der Waals surface area contributed by atoms with Gasteiger partial charge in [-0.2, -0.15) is 0 Å². The summed E-state index contributed by atoms with van der Waals surface area (Å²) in [6.07, 6.45) is 0. The Balaban J connectivity index is 1.23. The van der Waals surface area contributed by atoms with E-state index in [2.05, 4.69) is 146 Å². The Hall–Kier alpha value is -6.91. The number of rotatable bonds is 5. The summed E-state index contributed by atoms with van der Waals surface area (Å²) in [6, 6.07) is 61.1. The number of furan rings is 1. The van der Waals surface area contributed by atoms with Crippen LogP contribution in [0.15, 0.2) is 180 Å². The van der Waals surface area contributed by atoms with Gasteiger partial charge in [0.1, 0.15) is 11.2 Å². The van der Waals surface area contributed by atoms with Gasteiger partial charge in [0.2, 0.25) is 0 Å². The summed E-state index contributed by atoms with van der Waals surface area (Å²) in [7, 11) is 0. The first-order valence-electron chi connectivity index (χ1n) is 17.1. The van der Waals surface area contributed by atoms with Gasteiger partial charge in [-0.25, -0.2) is 15.0 Å². The third kappa shape index (κ3) is 5.22. The van der Waals surface area contributed by atoms with Gasteiger partial charge in [0, 0.05) is 27.5 Å². The second-order valence-electron chi connectivity index (χ2n) is 12.9. The zero-order valence-electron chi connectivity index (χ0n) is 27.5. The number of hydrogen-bond acceptors (Lipinski definition) is 4. The van der Waals surface area contributed by atoms with Crippen LogP contribution in [0, 0.1) is 0 Å². The van der Waals surface area contributed by atoms with Crippen LogP contribution in [0.1, 0.15) is 0 Å². The van der Waals surface area contributed by atoms with Crippen molar-refractivity contribution >= 4 is 43.5 Å². The molecule has 0 bridgehead atoms. The predicted octanol–water partition coefficient (Wildman–Crippen LogP) is 12.4. The molecule has 10 rings (SSSR count). The van der Waals surface area contributed by atoms with E-state index in [9.17, 15) is 0 Å². The third-order valence-corrected chi connectivity index (χ3v) is 9.68. The number of aromatic nitrogens is 3. The van der Waals surface area contributed by atoms with Gasteiger partial charge in [-0.1, -0.05) is 140 Å². The predicted molar refractivity (Wildman–Crippen MR) is 209 cm³/mol. The Labute approximate surface area is 294 Å². The van der Waals surface area contributed by atoms with Crippen molar-refractivity contribution in [3.05, 3.63) is 176 Å². The minimum absolute atomic E-state index is 0.593. The van der Waals surface area contributed by atoms with Crippen molar-refractivity contribution in [1.82, 2.24) is 15.0 Å². The SMILES string of the molecule is c1ccc(-c2ccc3ccc(-c4nc(-c5ccc6ccccc6c5)nc(-c5cc(-c6ccccc6)cc6oc7ccccc7c56)n4)cc3c2)cc1. The molecule has 0 radical (unpaired) electrons. The average Bonchev–Trinajstić information content (AvgIpc) is 3.59. The lowest BCUT2D eigenvalue weighted by Crippen LogP contribution is -2.01. The molecule has 4 heteroatoms. The van der Waals surface area contributed by atoms with Crippen molar-refractivity contribution < 1.29 is 4.42 Å². The second-order valence-corrected chi connectivity index (χ2v) is 12.9. The molecule has 2 heterocycles. The van der Waals surface area contributed by atoms with Crippen molar-refractivity contribution in [3.8, 4) is 56.4 Å². The maximum absolute atomic E-state index is 6.48. The maximum atomic E-state index is 6.48. The standard InChI is InChI=1S/C47H29N3O/c1-3-11-30(12-4-1)35-22-19-33-21-24-37(27-38(33)26-35)46-48-45(36-23-20-32-15-7-8-16-34(32)25-36)49-47(50-46)41-28-39(31-13-5-2-6-14-31)29-43-44(41)40-17-9-10-18-42(40)51-43/h1-29H. The van der Waals surface area contributed by atoms with Crippen molar-refractivity contribution in [2.24, 2.45) is 0 Å². The normalized spacial score (nSPS) is 11.5. The van der Waals surface area contributed by atoms with Crippen LogP contribution in [0.3, 0.4) is 0 Å². The molecule has 238 valence electrons. The molecule has 2 aromatic heterocycles. The zero-order chi connectivity index (χ0) is 33.7. The molecule has 10 aromatic rings. The van der Waals surface area contributed by atoms with Crippen molar-refractivity contribution in [2.45, 2.75) is 0 Å². The van der Waals surface area contributed by atoms with Gasteiger partial charge in [-0.05, 0) is 80.2 Å². The highest BCUT2D eigenvalue weighted by atomic mass is 16.3. The summed E-state index contributed by atoms with van der Waals surface area (Å²) in [5.74, 6) is 1.82. The molecule has 0 saturated carbocycles. The van der Waals surface area contributed by atoms with E-state index in [-0.39, 0.29) is 0 Å². The molecule has 51 heavy (non-hydrogen) atoms. The van der Waals surface area contributed by atoms with Crippen LogP contribution in [-0.4, -0.2) is 15.0 Å². The molecule has 4 nitrogen and oxygen atoms in total. The van der Waals surface area contributed by atoms with Crippen LogP contribution in [0.5, 0.6) is 0 Å². The largest absolute Gasteiger partial charge is 0.456 e. The van der Waals surface area contributed by atoms with Gasteiger partial charge in [0.15, 0.2) is 17.5 Å². The van der Waals surface area contributed by atoms with Gasteiger partial charge in [0.25, 0.3) is 0 Å². The number of hydrogen-bond donors (Lipinski definition) is 0. The summed E-state index contributed by atoms with van der Waals surface area (Å²) in [5.41, 5.74) is 8.84. The summed E-state index contributed by atoms with van der Waals surface area (Å²) in [5, 5.41) is 6.59. The van der Waals surface area contributed by atoms with Crippen molar-refractivity contribution in [3.63, 3.8) is 0 Å². The molecule has 0 saturated heterocycles. The molecule has 0 fully saturated rings. The van der Waals surface area contributed by atoms with Crippen LogP contribution in [0.25, 0.3) is 99.9 Å². The van der Waals surface area contributed by atoms with Gasteiger partial charge in [0.05, 0.1) is 0 Å².